The molecule has 0 unspecified atom stereocenters. The van der Waals surface area contributed by atoms with E-state index in [9.17, 15) is 4.79 Å². The lowest BCUT2D eigenvalue weighted by Crippen LogP contribution is -2.39. The summed E-state index contributed by atoms with van der Waals surface area (Å²) in [6, 6.07) is 11.0. The van der Waals surface area contributed by atoms with Crippen LogP contribution in [0.2, 0.25) is 0 Å². The lowest BCUT2D eigenvalue weighted by Gasteiger charge is -2.33. The maximum atomic E-state index is 11.3. The molecule has 2 aliphatic rings. The predicted octanol–water partition coefficient (Wildman–Crippen LogP) is 3.37. The van der Waals surface area contributed by atoms with Crippen molar-refractivity contribution in [3.63, 3.8) is 0 Å². The molecule has 0 spiro atoms. The highest BCUT2D eigenvalue weighted by Gasteiger charge is 2.39. The van der Waals surface area contributed by atoms with Crippen molar-refractivity contribution in [3.05, 3.63) is 35.9 Å². The van der Waals surface area contributed by atoms with Crippen LogP contribution in [0.4, 0.5) is 0 Å². The van der Waals surface area contributed by atoms with Gasteiger partial charge in [-0.2, -0.15) is 0 Å². The first-order valence-electron chi connectivity index (χ1n) is 9.12. The van der Waals surface area contributed by atoms with E-state index in [2.05, 4.69) is 35.2 Å². The summed E-state index contributed by atoms with van der Waals surface area (Å²) >= 11 is 0. The van der Waals surface area contributed by atoms with Gasteiger partial charge in [-0.25, -0.2) is 0 Å². The van der Waals surface area contributed by atoms with Crippen molar-refractivity contribution in [2.24, 2.45) is 11.8 Å². The molecule has 3 heteroatoms. The zero-order valence-corrected chi connectivity index (χ0v) is 14.6. The molecule has 1 aliphatic carbocycles. The summed E-state index contributed by atoms with van der Waals surface area (Å²) in [7, 11) is 1.89. The minimum absolute atomic E-state index is 0.167. The highest BCUT2D eigenvalue weighted by Crippen LogP contribution is 2.51. The number of amides is 1. The van der Waals surface area contributed by atoms with Crippen LogP contribution in [0.5, 0.6) is 0 Å². The highest BCUT2D eigenvalue weighted by molar-refractivity contribution is 5.72. The lowest BCUT2D eigenvalue weighted by atomic mass is 9.90. The van der Waals surface area contributed by atoms with Gasteiger partial charge < -0.3 is 9.80 Å². The summed E-state index contributed by atoms with van der Waals surface area (Å²) < 4.78 is 0. The van der Waals surface area contributed by atoms with Crippen LogP contribution >= 0.6 is 0 Å². The minimum Gasteiger partial charge on any atom is -0.345 e. The number of carbonyl (C=O) groups excluding carboxylic acids is 1. The van der Waals surface area contributed by atoms with Gasteiger partial charge in [0.25, 0.3) is 0 Å². The van der Waals surface area contributed by atoms with Crippen molar-refractivity contribution in [2.45, 2.75) is 38.5 Å². The molecule has 1 saturated heterocycles. The van der Waals surface area contributed by atoms with Gasteiger partial charge in [-0.3, -0.25) is 4.79 Å². The van der Waals surface area contributed by atoms with Crippen LogP contribution in [0, 0.1) is 11.8 Å². The molecule has 126 valence electrons. The average molecular weight is 314 g/mol. The van der Waals surface area contributed by atoms with E-state index in [0.29, 0.717) is 0 Å². The van der Waals surface area contributed by atoms with Crippen molar-refractivity contribution < 1.29 is 4.79 Å². The SMILES string of the molecule is CC(=O)N(C)CCN1CCC(C[C@@H]2C[C@H]2c2ccccc2)CC1. The van der Waals surface area contributed by atoms with Crippen LogP contribution in [0.1, 0.15) is 44.1 Å². The number of nitrogens with zero attached hydrogens (tertiary/aromatic N) is 2. The number of hydrogen-bond donors (Lipinski definition) is 0. The van der Waals surface area contributed by atoms with Gasteiger partial charge in [0.05, 0.1) is 0 Å². The van der Waals surface area contributed by atoms with E-state index in [0.717, 1.165) is 30.8 Å². The van der Waals surface area contributed by atoms with E-state index in [1.165, 1.54) is 38.8 Å². The van der Waals surface area contributed by atoms with Gasteiger partial charge >= 0.3 is 0 Å². The first kappa shape index (κ1) is 16.5. The van der Waals surface area contributed by atoms with Gasteiger partial charge in [0.15, 0.2) is 0 Å². The third kappa shape index (κ3) is 4.57. The molecule has 1 aromatic carbocycles. The topological polar surface area (TPSA) is 23.6 Å². The van der Waals surface area contributed by atoms with Gasteiger partial charge in [0, 0.05) is 27.1 Å². The molecular formula is C20H30N2O. The van der Waals surface area contributed by atoms with Crippen LogP contribution in [-0.2, 0) is 4.79 Å². The maximum Gasteiger partial charge on any atom is 0.219 e. The zero-order chi connectivity index (χ0) is 16.2. The summed E-state index contributed by atoms with van der Waals surface area (Å²) in [5.41, 5.74) is 1.54. The molecule has 2 fully saturated rings. The van der Waals surface area contributed by atoms with E-state index in [1.54, 1.807) is 12.5 Å². The molecule has 0 aromatic heterocycles. The summed E-state index contributed by atoms with van der Waals surface area (Å²) in [6.07, 6.45) is 5.48. The third-order valence-electron chi connectivity index (χ3n) is 5.78. The van der Waals surface area contributed by atoms with Crippen LogP contribution in [-0.4, -0.2) is 48.9 Å². The fraction of sp³-hybridized carbons (Fsp3) is 0.650. The first-order chi connectivity index (χ1) is 11.1. The van der Waals surface area contributed by atoms with Crippen molar-refractivity contribution in [1.82, 2.24) is 9.80 Å². The number of rotatable bonds is 6. The predicted molar refractivity (Wildman–Crippen MR) is 94.4 cm³/mol. The number of carbonyl (C=O) groups is 1. The van der Waals surface area contributed by atoms with Gasteiger partial charge in [0.1, 0.15) is 0 Å². The molecule has 0 radical (unpaired) electrons. The van der Waals surface area contributed by atoms with Crippen LogP contribution in [0.25, 0.3) is 0 Å². The highest BCUT2D eigenvalue weighted by atomic mass is 16.2. The molecule has 0 bridgehead atoms. The van der Waals surface area contributed by atoms with Gasteiger partial charge in [-0.1, -0.05) is 30.3 Å². The summed E-state index contributed by atoms with van der Waals surface area (Å²) in [5, 5.41) is 0. The normalized spacial score (nSPS) is 25.3. The second-order valence-electron chi connectivity index (χ2n) is 7.47. The largest absolute Gasteiger partial charge is 0.345 e. The Morgan fingerprint density at radius 1 is 1.22 bits per heavy atom. The zero-order valence-electron chi connectivity index (χ0n) is 14.6. The van der Waals surface area contributed by atoms with Crippen molar-refractivity contribution in [3.8, 4) is 0 Å². The second kappa shape index (κ2) is 7.48. The smallest absolute Gasteiger partial charge is 0.219 e. The van der Waals surface area contributed by atoms with E-state index in [-0.39, 0.29) is 5.91 Å². The maximum absolute atomic E-state index is 11.3. The van der Waals surface area contributed by atoms with Gasteiger partial charge in [-0.15, -0.1) is 0 Å². The Labute approximate surface area is 140 Å². The Bertz CT molecular complexity index is 508. The molecule has 0 N–H and O–H groups in total. The summed E-state index contributed by atoms with van der Waals surface area (Å²) in [4.78, 5) is 15.6. The molecule has 2 atom stereocenters. The molecule has 1 saturated carbocycles. The van der Waals surface area contributed by atoms with Crippen molar-refractivity contribution in [1.29, 1.82) is 0 Å². The molecule has 3 rings (SSSR count). The number of hydrogen-bond acceptors (Lipinski definition) is 2. The molecule has 1 aromatic rings. The lowest BCUT2D eigenvalue weighted by molar-refractivity contribution is -0.127. The fourth-order valence-electron chi connectivity index (χ4n) is 3.94. The van der Waals surface area contributed by atoms with Crippen molar-refractivity contribution in [2.75, 3.05) is 33.2 Å². The Hall–Kier alpha value is -1.35. The van der Waals surface area contributed by atoms with E-state index in [1.807, 2.05) is 11.9 Å². The van der Waals surface area contributed by atoms with Crippen LogP contribution in [0.3, 0.4) is 0 Å². The average Bonchev–Trinajstić information content (AvgIpc) is 3.34. The van der Waals surface area contributed by atoms with E-state index >= 15 is 0 Å². The van der Waals surface area contributed by atoms with Gasteiger partial charge in [0.2, 0.25) is 5.91 Å². The Balaban J connectivity index is 1.35. The summed E-state index contributed by atoms with van der Waals surface area (Å²) in [5.74, 6) is 2.84. The Kier molecular flexibility index (Phi) is 5.37. The standard InChI is InChI=1S/C20H30N2O/c1-16(23)21(2)12-13-22-10-8-17(9-11-22)14-19-15-20(19)18-6-4-3-5-7-18/h3-7,17,19-20H,8-15H2,1-2H3/t19-,20+/m1/s1. The van der Waals surface area contributed by atoms with Crippen LogP contribution < -0.4 is 0 Å². The quantitative estimate of drug-likeness (QED) is 0.804. The number of benzene rings is 1. The number of likely N-dealkylation sites (N-methyl/N-ethyl adjacent to an activating group) is 1. The molecular weight excluding hydrogens is 284 g/mol. The first-order valence-corrected chi connectivity index (χ1v) is 9.12. The van der Waals surface area contributed by atoms with Gasteiger partial charge in [-0.05, 0) is 62.1 Å². The number of piperidine rings is 1. The summed E-state index contributed by atoms with van der Waals surface area (Å²) in [6.45, 7) is 5.95. The fourth-order valence-corrected chi connectivity index (χ4v) is 3.94. The van der Waals surface area contributed by atoms with Crippen molar-refractivity contribution >= 4 is 5.91 Å². The monoisotopic (exact) mass is 314 g/mol. The molecule has 23 heavy (non-hydrogen) atoms. The van der Waals surface area contributed by atoms with Crippen LogP contribution in [0.15, 0.2) is 30.3 Å². The second-order valence-corrected chi connectivity index (χ2v) is 7.47. The molecule has 1 amide bonds. The minimum atomic E-state index is 0.167. The molecule has 1 heterocycles. The molecule has 3 nitrogen and oxygen atoms in total. The van der Waals surface area contributed by atoms with E-state index < -0.39 is 0 Å². The van der Waals surface area contributed by atoms with E-state index in [4.69, 9.17) is 0 Å². The molecule has 1 aliphatic heterocycles. The Morgan fingerprint density at radius 2 is 1.91 bits per heavy atom. The number of likely N-dealkylation sites (tertiary alicyclic amines) is 1. The Morgan fingerprint density at radius 3 is 2.57 bits per heavy atom. The third-order valence-corrected chi connectivity index (χ3v) is 5.78.